The van der Waals surface area contributed by atoms with E-state index in [2.05, 4.69) is 61.4 Å². The van der Waals surface area contributed by atoms with Crippen molar-refractivity contribution in [3.8, 4) is 17.0 Å². The lowest BCUT2D eigenvalue weighted by Gasteiger charge is -2.38. The molecule has 0 amide bonds. The van der Waals surface area contributed by atoms with Crippen LogP contribution in [0.3, 0.4) is 0 Å². The van der Waals surface area contributed by atoms with E-state index in [0.29, 0.717) is 6.04 Å². The van der Waals surface area contributed by atoms with Crippen molar-refractivity contribution < 1.29 is 4.74 Å². The van der Waals surface area contributed by atoms with Crippen LogP contribution in [0.5, 0.6) is 5.75 Å². The summed E-state index contributed by atoms with van der Waals surface area (Å²) in [7, 11) is 0. The Morgan fingerprint density at radius 3 is 2.90 bits per heavy atom. The van der Waals surface area contributed by atoms with Crippen LogP contribution in [0.2, 0.25) is 0 Å². The first-order valence-electron chi connectivity index (χ1n) is 10.2. The van der Waals surface area contributed by atoms with Gasteiger partial charge >= 0.3 is 0 Å². The number of fused-ring (bicyclic) bond motifs is 1. The Labute approximate surface area is 179 Å². The molecule has 3 atom stereocenters. The van der Waals surface area contributed by atoms with E-state index >= 15 is 0 Å². The van der Waals surface area contributed by atoms with E-state index in [0.717, 1.165) is 53.8 Å². The summed E-state index contributed by atoms with van der Waals surface area (Å²) < 4.78 is 7.78. The first kappa shape index (κ1) is 18.9. The van der Waals surface area contributed by atoms with Crippen LogP contribution >= 0.6 is 15.9 Å². The maximum absolute atomic E-state index is 6.76. The molecule has 1 fully saturated rings. The van der Waals surface area contributed by atoms with Crippen molar-refractivity contribution in [2.45, 2.75) is 37.5 Å². The third kappa shape index (κ3) is 3.72. The van der Waals surface area contributed by atoms with E-state index in [4.69, 9.17) is 10.5 Å². The van der Waals surface area contributed by atoms with Gasteiger partial charge in [-0.3, -0.25) is 10.00 Å². The van der Waals surface area contributed by atoms with Gasteiger partial charge in [-0.2, -0.15) is 5.10 Å². The summed E-state index contributed by atoms with van der Waals surface area (Å²) >= 11 is 3.59. The Morgan fingerprint density at radius 1 is 1.17 bits per heavy atom. The van der Waals surface area contributed by atoms with E-state index in [1.54, 1.807) is 6.20 Å². The number of benzene rings is 2. The third-order valence-corrected chi connectivity index (χ3v) is 6.58. The van der Waals surface area contributed by atoms with Gasteiger partial charge in [0.1, 0.15) is 11.9 Å². The summed E-state index contributed by atoms with van der Waals surface area (Å²) in [6.45, 7) is 2.02. The fourth-order valence-corrected chi connectivity index (χ4v) is 5.06. The van der Waals surface area contributed by atoms with E-state index in [-0.39, 0.29) is 12.1 Å². The highest BCUT2D eigenvalue weighted by Crippen LogP contribution is 2.41. The van der Waals surface area contributed by atoms with E-state index < -0.39 is 0 Å². The molecule has 3 N–H and O–H groups in total. The number of nitrogens with zero attached hydrogens (tertiary/aromatic N) is 2. The smallest absolute Gasteiger partial charge is 0.140 e. The highest BCUT2D eigenvalue weighted by molar-refractivity contribution is 9.10. The lowest BCUT2D eigenvalue weighted by atomic mass is 10.0. The Morgan fingerprint density at radius 2 is 2.07 bits per heavy atom. The second-order valence-electron chi connectivity index (χ2n) is 8.02. The summed E-state index contributed by atoms with van der Waals surface area (Å²) in [6.07, 6.45) is 5.02. The zero-order valence-corrected chi connectivity index (χ0v) is 17.8. The third-order valence-electron chi connectivity index (χ3n) is 6.08. The number of H-pyrrole nitrogens is 1. The molecule has 2 heterocycles. The predicted octanol–water partition coefficient (Wildman–Crippen LogP) is 4.31. The fraction of sp³-hybridized carbons (Fsp3) is 0.348. The summed E-state index contributed by atoms with van der Waals surface area (Å²) in [5, 5.41) is 7.18. The predicted molar refractivity (Wildman–Crippen MR) is 118 cm³/mol. The molecule has 6 heteroatoms. The van der Waals surface area contributed by atoms with Crippen molar-refractivity contribution in [3.05, 3.63) is 70.3 Å². The molecule has 150 valence electrons. The zero-order chi connectivity index (χ0) is 19.8. The molecule has 2 aliphatic rings. The van der Waals surface area contributed by atoms with Crippen molar-refractivity contribution >= 4 is 15.9 Å². The van der Waals surface area contributed by atoms with Gasteiger partial charge in [-0.05, 0) is 61.2 Å². The highest BCUT2D eigenvalue weighted by Gasteiger charge is 2.39. The number of hydrogen-bond donors (Lipinski definition) is 2. The molecular formula is C23H25BrN4O. The minimum Gasteiger partial charge on any atom is -0.483 e. The molecule has 0 spiro atoms. The first-order chi connectivity index (χ1) is 14.2. The van der Waals surface area contributed by atoms with Crippen LogP contribution in [0.25, 0.3) is 11.3 Å². The van der Waals surface area contributed by atoms with Gasteiger partial charge in [0.05, 0.1) is 11.7 Å². The Hall–Kier alpha value is -2.15. The lowest BCUT2D eigenvalue weighted by molar-refractivity contribution is 0.0596. The van der Waals surface area contributed by atoms with Gasteiger partial charge in [-0.1, -0.05) is 40.2 Å². The second kappa shape index (κ2) is 7.94. The van der Waals surface area contributed by atoms with Gasteiger partial charge in [0, 0.05) is 28.8 Å². The highest BCUT2D eigenvalue weighted by atomic mass is 79.9. The van der Waals surface area contributed by atoms with Gasteiger partial charge in [0.15, 0.2) is 0 Å². The normalized spacial score (nSPS) is 24.4. The fourth-order valence-electron chi connectivity index (χ4n) is 4.70. The molecule has 1 aliphatic heterocycles. The van der Waals surface area contributed by atoms with E-state index in [1.165, 1.54) is 11.1 Å². The average molecular weight is 453 g/mol. The molecule has 0 unspecified atom stereocenters. The summed E-state index contributed by atoms with van der Waals surface area (Å²) in [5.74, 6) is 0.866. The molecule has 5 nitrogen and oxygen atoms in total. The lowest BCUT2D eigenvalue weighted by Crippen LogP contribution is -2.49. The number of rotatable bonds is 4. The Bertz CT molecular complexity index is 990. The van der Waals surface area contributed by atoms with Crippen molar-refractivity contribution in [1.29, 1.82) is 0 Å². The number of aromatic amines is 1. The molecule has 29 heavy (non-hydrogen) atoms. The van der Waals surface area contributed by atoms with Crippen LogP contribution in [0.15, 0.2) is 59.2 Å². The molecule has 1 aliphatic carbocycles. The minimum atomic E-state index is -0.0145. The van der Waals surface area contributed by atoms with Crippen molar-refractivity contribution in [3.63, 3.8) is 0 Å². The molecule has 0 bridgehead atoms. The number of hydrogen-bond acceptors (Lipinski definition) is 4. The zero-order valence-electron chi connectivity index (χ0n) is 16.2. The van der Waals surface area contributed by atoms with E-state index in [9.17, 15) is 0 Å². The number of nitrogens with two attached hydrogens (primary N) is 1. The van der Waals surface area contributed by atoms with Gasteiger partial charge in [-0.15, -0.1) is 0 Å². The molecule has 1 aromatic heterocycles. The SMILES string of the molecule is N[C@H]1CCCN([C@@H]2Cc3ccccc3[C@H]2Oc2ccc(Br)cc2-c2ccn[nH]2)C1. The van der Waals surface area contributed by atoms with Crippen molar-refractivity contribution in [2.75, 3.05) is 13.1 Å². The van der Waals surface area contributed by atoms with Gasteiger partial charge in [-0.25, -0.2) is 0 Å². The molecule has 2 aromatic carbocycles. The number of aromatic nitrogens is 2. The van der Waals surface area contributed by atoms with E-state index in [1.807, 2.05) is 18.2 Å². The van der Waals surface area contributed by atoms with Gasteiger partial charge in [0.25, 0.3) is 0 Å². The van der Waals surface area contributed by atoms with Crippen LogP contribution in [0.1, 0.15) is 30.1 Å². The molecule has 3 aromatic rings. The van der Waals surface area contributed by atoms with Crippen LogP contribution in [0, 0.1) is 0 Å². The first-order valence-corrected chi connectivity index (χ1v) is 11.0. The molecule has 0 saturated carbocycles. The molecule has 5 rings (SSSR count). The quantitative estimate of drug-likeness (QED) is 0.618. The summed E-state index contributed by atoms with van der Waals surface area (Å²) in [4.78, 5) is 2.54. The minimum absolute atomic E-state index is 0.0145. The molecular weight excluding hydrogens is 428 g/mol. The maximum atomic E-state index is 6.76. The number of likely N-dealkylation sites (tertiary alicyclic amines) is 1. The monoisotopic (exact) mass is 452 g/mol. The number of halogens is 1. The number of piperidine rings is 1. The number of ether oxygens (including phenoxy) is 1. The maximum Gasteiger partial charge on any atom is 0.140 e. The Kier molecular flexibility index (Phi) is 5.16. The molecule has 0 radical (unpaired) electrons. The number of nitrogens with one attached hydrogen (secondary N) is 1. The van der Waals surface area contributed by atoms with Crippen LogP contribution in [-0.2, 0) is 6.42 Å². The van der Waals surface area contributed by atoms with Gasteiger partial charge in [0.2, 0.25) is 0 Å². The topological polar surface area (TPSA) is 67.2 Å². The summed E-state index contributed by atoms with van der Waals surface area (Å²) in [6, 6.07) is 17.3. The van der Waals surface area contributed by atoms with Crippen LogP contribution in [0.4, 0.5) is 0 Å². The van der Waals surface area contributed by atoms with Crippen LogP contribution < -0.4 is 10.5 Å². The van der Waals surface area contributed by atoms with Crippen LogP contribution in [-0.4, -0.2) is 40.3 Å². The summed E-state index contributed by atoms with van der Waals surface area (Å²) in [5.41, 5.74) is 10.9. The van der Waals surface area contributed by atoms with Gasteiger partial charge < -0.3 is 10.5 Å². The average Bonchev–Trinajstić information content (AvgIpc) is 3.38. The second-order valence-corrected chi connectivity index (χ2v) is 8.93. The largest absolute Gasteiger partial charge is 0.483 e. The Balaban J connectivity index is 1.51. The van der Waals surface area contributed by atoms with Crippen molar-refractivity contribution in [1.82, 2.24) is 15.1 Å². The van der Waals surface area contributed by atoms with Crippen molar-refractivity contribution in [2.24, 2.45) is 5.73 Å². The standard InChI is InChI=1S/C23H25BrN4O/c24-16-7-8-22(19(13-16)20-9-10-26-27-20)29-23-18-6-2-1-4-15(18)12-21(23)28-11-3-5-17(25)14-28/h1-2,4,6-10,13,17,21,23H,3,5,11-12,14,25H2,(H,26,27)/t17-,21+,23+/m0/s1. The molecule has 1 saturated heterocycles.